The molecule has 0 fully saturated rings. The Hall–Kier alpha value is -3.60. The lowest BCUT2D eigenvalue weighted by Crippen LogP contribution is -2.11. The number of rotatable bonds is 2. The van der Waals surface area contributed by atoms with Gasteiger partial charge in [0.15, 0.2) is 5.76 Å². The molecule has 0 aliphatic rings. The Morgan fingerprint density at radius 1 is 0.920 bits per heavy atom. The monoisotopic (exact) mass is 327 g/mol. The van der Waals surface area contributed by atoms with E-state index >= 15 is 0 Å². The zero-order valence-electron chi connectivity index (χ0n) is 13.1. The van der Waals surface area contributed by atoms with Gasteiger partial charge in [0.05, 0.1) is 0 Å². The molecule has 0 bridgehead atoms. The summed E-state index contributed by atoms with van der Waals surface area (Å²) in [7, 11) is 0. The summed E-state index contributed by atoms with van der Waals surface area (Å²) in [6.07, 6.45) is 3.39. The van der Waals surface area contributed by atoms with Crippen LogP contribution in [0.1, 0.15) is 0 Å². The number of hydrogen-bond acceptors (Lipinski definition) is 3. The quantitative estimate of drug-likeness (QED) is 0.507. The minimum atomic E-state index is -0.232. The first-order chi connectivity index (χ1) is 12.3. The number of fused-ring (bicyclic) bond motifs is 2. The number of hydrogen-bond donors (Lipinski definition) is 2. The first-order valence-electron chi connectivity index (χ1n) is 7.95. The Kier molecular flexibility index (Phi) is 2.87. The van der Waals surface area contributed by atoms with Gasteiger partial charge in [-0.3, -0.25) is 4.79 Å². The fourth-order valence-corrected chi connectivity index (χ4v) is 3.09. The molecule has 0 spiro atoms. The average molecular weight is 327 g/mol. The molecular weight excluding hydrogens is 314 g/mol. The SMILES string of the molecule is O=c1[nH]cc(-c2cc3ccccc3o2)nc1-c1c[nH]c2ccccc12. The van der Waals surface area contributed by atoms with Crippen LogP contribution in [0, 0.1) is 0 Å². The standard InChI is InChI=1S/C20H13N3O2/c24-20-19(14-10-21-15-7-3-2-6-13(14)15)23-16(11-22-20)18-9-12-5-1-4-8-17(12)25-18/h1-11,21H,(H,22,24). The van der Waals surface area contributed by atoms with Crippen molar-refractivity contribution in [3.63, 3.8) is 0 Å². The van der Waals surface area contributed by atoms with E-state index < -0.39 is 0 Å². The van der Waals surface area contributed by atoms with Crippen molar-refractivity contribution in [1.82, 2.24) is 15.0 Å². The first-order valence-corrected chi connectivity index (χ1v) is 7.95. The molecule has 5 aromatic rings. The molecule has 25 heavy (non-hydrogen) atoms. The Labute approximate surface area is 142 Å². The third kappa shape index (κ3) is 2.17. The molecule has 5 heteroatoms. The van der Waals surface area contributed by atoms with E-state index in [0.29, 0.717) is 17.1 Å². The first kappa shape index (κ1) is 13.8. The zero-order chi connectivity index (χ0) is 16.8. The van der Waals surface area contributed by atoms with Gasteiger partial charge in [0.1, 0.15) is 17.0 Å². The van der Waals surface area contributed by atoms with E-state index in [1.54, 1.807) is 6.20 Å². The second-order valence-corrected chi connectivity index (χ2v) is 5.86. The minimum Gasteiger partial charge on any atom is -0.454 e. The van der Waals surface area contributed by atoms with E-state index in [0.717, 1.165) is 27.4 Å². The Balaban J connectivity index is 1.71. The zero-order valence-corrected chi connectivity index (χ0v) is 13.1. The maximum atomic E-state index is 12.4. The molecule has 0 saturated heterocycles. The summed E-state index contributed by atoms with van der Waals surface area (Å²) in [6, 6.07) is 17.5. The predicted octanol–water partition coefficient (Wildman–Crippen LogP) is 4.33. The fourth-order valence-electron chi connectivity index (χ4n) is 3.09. The third-order valence-corrected chi connectivity index (χ3v) is 4.31. The number of H-pyrrole nitrogens is 2. The number of aromatic nitrogens is 3. The van der Waals surface area contributed by atoms with Crippen LogP contribution >= 0.6 is 0 Å². The summed E-state index contributed by atoms with van der Waals surface area (Å²) in [4.78, 5) is 22.9. The van der Waals surface area contributed by atoms with Crippen molar-refractivity contribution in [2.45, 2.75) is 0 Å². The summed E-state index contributed by atoms with van der Waals surface area (Å²) in [6.45, 7) is 0. The van der Waals surface area contributed by atoms with Crippen LogP contribution in [0.2, 0.25) is 0 Å². The summed E-state index contributed by atoms with van der Waals surface area (Å²) in [5, 5.41) is 1.96. The second-order valence-electron chi connectivity index (χ2n) is 5.86. The Bertz CT molecular complexity index is 1240. The molecule has 2 N–H and O–H groups in total. The van der Waals surface area contributed by atoms with Crippen molar-refractivity contribution in [2.24, 2.45) is 0 Å². The van der Waals surface area contributed by atoms with E-state index in [2.05, 4.69) is 15.0 Å². The molecule has 0 atom stereocenters. The van der Waals surface area contributed by atoms with E-state index in [1.807, 2.05) is 60.8 Å². The van der Waals surface area contributed by atoms with Crippen molar-refractivity contribution in [1.29, 1.82) is 0 Å². The number of nitrogens with one attached hydrogen (secondary N) is 2. The van der Waals surface area contributed by atoms with Crippen LogP contribution < -0.4 is 5.56 Å². The molecule has 0 aliphatic carbocycles. The molecule has 3 heterocycles. The normalized spacial score (nSPS) is 11.4. The minimum absolute atomic E-state index is 0.232. The van der Waals surface area contributed by atoms with Crippen molar-refractivity contribution >= 4 is 21.9 Å². The van der Waals surface area contributed by atoms with Crippen LogP contribution in [0.4, 0.5) is 0 Å². The lowest BCUT2D eigenvalue weighted by molar-refractivity contribution is 0.628. The average Bonchev–Trinajstić information content (AvgIpc) is 3.26. The molecule has 2 aromatic carbocycles. The van der Waals surface area contributed by atoms with E-state index in [-0.39, 0.29) is 5.56 Å². The molecule has 0 amide bonds. The van der Waals surface area contributed by atoms with E-state index in [4.69, 9.17) is 4.42 Å². The van der Waals surface area contributed by atoms with Gasteiger partial charge in [0.25, 0.3) is 5.56 Å². The third-order valence-electron chi connectivity index (χ3n) is 4.31. The van der Waals surface area contributed by atoms with Gasteiger partial charge in [-0.15, -0.1) is 0 Å². The van der Waals surface area contributed by atoms with Gasteiger partial charge in [-0.05, 0) is 18.2 Å². The van der Waals surface area contributed by atoms with Gasteiger partial charge in [-0.1, -0.05) is 36.4 Å². The summed E-state index contributed by atoms with van der Waals surface area (Å²) in [5.41, 5.74) is 3.26. The lowest BCUT2D eigenvalue weighted by Gasteiger charge is -2.01. The van der Waals surface area contributed by atoms with Crippen LogP contribution in [0.15, 0.2) is 76.2 Å². The number of nitrogens with zero attached hydrogens (tertiary/aromatic N) is 1. The number of furan rings is 1. The van der Waals surface area contributed by atoms with Crippen molar-refractivity contribution in [2.75, 3.05) is 0 Å². The molecule has 0 radical (unpaired) electrons. The van der Waals surface area contributed by atoms with Crippen molar-refractivity contribution in [3.05, 3.63) is 77.3 Å². The van der Waals surface area contributed by atoms with Crippen LogP contribution in [0.25, 0.3) is 44.6 Å². The molecule has 5 rings (SSSR count). The maximum absolute atomic E-state index is 12.4. The number of benzene rings is 2. The fraction of sp³-hybridized carbons (Fsp3) is 0. The highest BCUT2D eigenvalue weighted by molar-refractivity contribution is 5.94. The van der Waals surface area contributed by atoms with E-state index in [9.17, 15) is 4.79 Å². The van der Waals surface area contributed by atoms with Gasteiger partial charge in [-0.25, -0.2) is 4.98 Å². The molecule has 0 aliphatic heterocycles. The Morgan fingerprint density at radius 3 is 2.68 bits per heavy atom. The largest absolute Gasteiger partial charge is 0.454 e. The van der Waals surface area contributed by atoms with Gasteiger partial charge >= 0.3 is 0 Å². The molecule has 120 valence electrons. The smallest absolute Gasteiger partial charge is 0.274 e. The summed E-state index contributed by atoms with van der Waals surface area (Å²) < 4.78 is 5.86. The molecule has 0 unspecified atom stereocenters. The predicted molar refractivity (Wildman–Crippen MR) is 97.4 cm³/mol. The van der Waals surface area contributed by atoms with Crippen LogP contribution in [0.3, 0.4) is 0 Å². The number of aromatic amines is 2. The highest BCUT2D eigenvalue weighted by atomic mass is 16.3. The molecule has 3 aromatic heterocycles. The van der Waals surface area contributed by atoms with Crippen LogP contribution in [-0.4, -0.2) is 15.0 Å². The van der Waals surface area contributed by atoms with E-state index in [1.165, 1.54) is 0 Å². The van der Waals surface area contributed by atoms with Gasteiger partial charge in [0.2, 0.25) is 0 Å². The highest BCUT2D eigenvalue weighted by Gasteiger charge is 2.14. The molecule has 0 saturated carbocycles. The maximum Gasteiger partial charge on any atom is 0.274 e. The summed E-state index contributed by atoms with van der Waals surface area (Å²) >= 11 is 0. The van der Waals surface area contributed by atoms with Gasteiger partial charge in [0, 0.05) is 34.2 Å². The summed E-state index contributed by atoms with van der Waals surface area (Å²) in [5.74, 6) is 0.624. The highest BCUT2D eigenvalue weighted by Crippen LogP contribution is 2.29. The molecular formula is C20H13N3O2. The van der Waals surface area contributed by atoms with Gasteiger partial charge < -0.3 is 14.4 Å². The lowest BCUT2D eigenvalue weighted by atomic mass is 10.1. The van der Waals surface area contributed by atoms with Crippen molar-refractivity contribution < 1.29 is 4.42 Å². The van der Waals surface area contributed by atoms with Crippen LogP contribution in [-0.2, 0) is 0 Å². The van der Waals surface area contributed by atoms with Gasteiger partial charge in [-0.2, -0.15) is 0 Å². The Morgan fingerprint density at radius 2 is 1.76 bits per heavy atom. The van der Waals surface area contributed by atoms with Crippen LogP contribution in [0.5, 0.6) is 0 Å². The second kappa shape index (κ2) is 5.21. The number of para-hydroxylation sites is 2. The molecule has 5 nitrogen and oxygen atoms in total. The van der Waals surface area contributed by atoms with Crippen molar-refractivity contribution in [3.8, 4) is 22.7 Å². The topological polar surface area (TPSA) is 74.7 Å².